The Kier molecular flexibility index (Phi) is 16.9. The second kappa shape index (κ2) is 22.5. The minimum Gasteiger partial charge on any atom is -0.492 e. The fourth-order valence-corrected chi connectivity index (χ4v) is 9.19. The standard InChI is InChI=1S/C46H62N4O11/c1-3-26-59-46-42(49(22-27-57-29-25-53)43(54)18-13-33-11-14-35(15-12-33)50(55)56)32-40(47-60-4-2)38-30-34(9-5-7-23-51)37(10-6-8-24-52)44(45(38)46)39-31-36(16-17-41(39)61-46)58-28-21-48-19-20-48/h3,11-18,30-31,34,37,42,44-45,51-53H,1,4-10,19-29,32H2,2H3. The van der Waals surface area contributed by atoms with E-state index in [2.05, 4.69) is 23.6 Å². The number of carbonyl (C=O) groups is 1. The zero-order chi connectivity index (χ0) is 43.2. The van der Waals surface area contributed by atoms with Gasteiger partial charge >= 0.3 is 0 Å². The molecule has 0 spiro atoms. The molecule has 6 atom stereocenters. The Morgan fingerprint density at radius 2 is 1.82 bits per heavy atom. The molecule has 3 N–H and O–H groups in total. The summed E-state index contributed by atoms with van der Waals surface area (Å²) in [6.45, 7) is 10.1. The van der Waals surface area contributed by atoms with Crippen LogP contribution in [0.3, 0.4) is 0 Å². The van der Waals surface area contributed by atoms with E-state index in [1.807, 2.05) is 19.1 Å². The molecule has 0 bridgehead atoms. The first-order valence-corrected chi connectivity index (χ1v) is 21.8. The fraction of sp³-hybridized carbons (Fsp3) is 0.565. The van der Waals surface area contributed by atoms with Gasteiger partial charge in [-0.1, -0.05) is 30.1 Å². The number of rotatable bonds is 26. The Bertz CT molecular complexity index is 1870. The number of nitro benzene ring substituents is 1. The SMILES string of the molecule is C=CCOC12Oc3ccc(OCCN4CC4)cc3C3C(CCCCO)C(CCCCO)C=C(C(=NOCC)CC1N(CCOCCO)C(=O)C=Cc1ccc([N+](=O)[O-])cc1)C32. The number of aliphatic hydroxyl groups is 3. The molecule has 332 valence electrons. The molecule has 1 saturated heterocycles. The average molecular weight is 847 g/mol. The lowest BCUT2D eigenvalue weighted by Gasteiger charge is -2.60. The van der Waals surface area contributed by atoms with Gasteiger partial charge in [-0.3, -0.25) is 19.8 Å². The molecule has 6 rings (SSSR count). The van der Waals surface area contributed by atoms with Gasteiger partial charge < -0.3 is 44.0 Å². The second-order valence-corrected chi connectivity index (χ2v) is 15.9. The van der Waals surface area contributed by atoms with Crippen molar-refractivity contribution in [1.29, 1.82) is 0 Å². The molecule has 2 heterocycles. The lowest BCUT2D eigenvalue weighted by molar-refractivity contribution is -0.384. The van der Waals surface area contributed by atoms with Gasteiger partial charge in [0.2, 0.25) is 11.7 Å². The number of hydrogen-bond acceptors (Lipinski definition) is 13. The predicted octanol–water partition coefficient (Wildman–Crippen LogP) is 5.49. The number of oxime groups is 1. The first-order chi connectivity index (χ1) is 29.8. The molecule has 15 nitrogen and oxygen atoms in total. The van der Waals surface area contributed by atoms with E-state index in [-0.39, 0.29) is 82.0 Å². The maximum Gasteiger partial charge on any atom is 0.269 e. The molecule has 2 aromatic rings. The molecule has 2 fully saturated rings. The number of aliphatic hydroxyl groups excluding tert-OH is 3. The van der Waals surface area contributed by atoms with Gasteiger partial charge in [0.1, 0.15) is 30.8 Å². The number of fused-ring (bicyclic) bond motifs is 2. The highest BCUT2D eigenvalue weighted by Gasteiger charge is 2.65. The highest BCUT2D eigenvalue weighted by molar-refractivity contribution is 6.03. The Labute approximate surface area is 358 Å². The third kappa shape index (κ3) is 11.3. The van der Waals surface area contributed by atoms with Crippen molar-refractivity contribution in [2.24, 2.45) is 22.9 Å². The molecule has 0 radical (unpaired) electrons. The van der Waals surface area contributed by atoms with Crippen molar-refractivity contribution in [2.45, 2.75) is 69.6 Å². The molecule has 15 heteroatoms. The summed E-state index contributed by atoms with van der Waals surface area (Å²) in [4.78, 5) is 35.4. The number of nitro groups is 1. The normalized spacial score (nSPS) is 24.7. The topological polar surface area (TPSA) is 186 Å². The Morgan fingerprint density at radius 1 is 1.05 bits per heavy atom. The van der Waals surface area contributed by atoms with Crippen LogP contribution in [0.2, 0.25) is 0 Å². The van der Waals surface area contributed by atoms with E-state index in [1.54, 1.807) is 29.2 Å². The van der Waals surface area contributed by atoms with Crippen molar-refractivity contribution in [3.63, 3.8) is 0 Å². The van der Waals surface area contributed by atoms with E-state index in [4.69, 9.17) is 28.9 Å². The molecule has 0 aromatic heterocycles. The molecular formula is C46H62N4O11. The molecule has 1 saturated carbocycles. The molecule has 2 aliphatic heterocycles. The van der Waals surface area contributed by atoms with E-state index >= 15 is 0 Å². The lowest BCUT2D eigenvalue weighted by Crippen LogP contribution is -2.70. The van der Waals surface area contributed by atoms with Crippen molar-refractivity contribution >= 4 is 23.4 Å². The maximum absolute atomic E-state index is 14.7. The lowest BCUT2D eigenvalue weighted by atomic mass is 9.55. The Balaban J connectivity index is 1.52. The number of nitrogens with zero attached hydrogens (tertiary/aromatic N) is 4. The van der Waals surface area contributed by atoms with Crippen LogP contribution in [0.4, 0.5) is 5.69 Å². The van der Waals surface area contributed by atoms with Gasteiger partial charge in [0.05, 0.1) is 43.0 Å². The number of amides is 1. The van der Waals surface area contributed by atoms with Gasteiger partial charge in [-0.05, 0) is 92.0 Å². The third-order valence-electron chi connectivity index (χ3n) is 12.1. The van der Waals surface area contributed by atoms with Gasteiger partial charge in [-0.25, -0.2) is 0 Å². The summed E-state index contributed by atoms with van der Waals surface area (Å²) in [6.07, 6.45) is 11.8. The van der Waals surface area contributed by atoms with Gasteiger partial charge in [0.25, 0.3) is 5.69 Å². The summed E-state index contributed by atoms with van der Waals surface area (Å²) in [5, 5.41) is 45.4. The Hall–Kier alpha value is -4.64. The molecule has 61 heavy (non-hydrogen) atoms. The van der Waals surface area contributed by atoms with Gasteiger partial charge in [0, 0.05) is 75.5 Å². The highest BCUT2D eigenvalue weighted by Crippen LogP contribution is 2.62. The molecule has 2 aliphatic carbocycles. The van der Waals surface area contributed by atoms with Crippen molar-refractivity contribution in [3.8, 4) is 11.5 Å². The number of carbonyl (C=O) groups excluding carboxylic acids is 1. The van der Waals surface area contributed by atoms with E-state index in [0.717, 1.165) is 62.2 Å². The van der Waals surface area contributed by atoms with Crippen LogP contribution in [0.25, 0.3) is 6.08 Å². The molecule has 2 aromatic carbocycles. The zero-order valence-electron chi connectivity index (χ0n) is 35.3. The first-order valence-electron chi connectivity index (χ1n) is 21.8. The van der Waals surface area contributed by atoms with E-state index in [1.165, 1.54) is 18.2 Å². The molecule has 1 amide bonds. The van der Waals surface area contributed by atoms with Gasteiger partial charge in [0.15, 0.2) is 0 Å². The molecule has 6 unspecified atom stereocenters. The fourth-order valence-electron chi connectivity index (χ4n) is 9.19. The van der Waals surface area contributed by atoms with Crippen molar-refractivity contribution in [3.05, 3.63) is 94.1 Å². The van der Waals surface area contributed by atoms with Crippen LogP contribution in [0.15, 0.2) is 78.0 Å². The highest BCUT2D eigenvalue weighted by atomic mass is 16.7. The number of allylic oxidation sites excluding steroid dienone is 1. The Morgan fingerprint density at radius 3 is 2.51 bits per heavy atom. The summed E-state index contributed by atoms with van der Waals surface area (Å²) in [5.41, 5.74) is 3.11. The van der Waals surface area contributed by atoms with Crippen LogP contribution >= 0.6 is 0 Å². The summed E-state index contributed by atoms with van der Waals surface area (Å²) >= 11 is 0. The summed E-state index contributed by atoms with van der Waals surface area (Å²) < 4.78 is 26.4. The minimum absolute atomic E-state index is 0.0485. The van der Waals surface area contributed by atoms with Crippen molar-refractivity contribution in [1.82, 2.24) is 9.80 Å². The van der Waals surface area contributed by atoms with Crippen LogP contribution < -0.4 is 9.47 Å². The number of unbranched alkanes of at least 4 members (excludes halogenated alkanes) is 2. The quantitative estimate of drug-likeness (QED) is 0.0271. The van der Waals surface area contributed by atoms with Crippen LogP contribution in [0.1, 0.15) is 68.9 Å². The van der Waals surface area contributed by atoms with E-state index < -0.39 is 22.7 Å². The monoisotopic (exact) mass is 846 g/mol. The summed E-state index contributed by atoms with van der Waals surface area (Å²) in [5.74, 6) is -1.08. The van der Waals surface area contributed by atoms with Crippen LogP contribution in [0.5, 0.6) is 11.5 Å². The second-order valence-electron chi connectivity index (χ2n) is 15.9. The van der Waals surface area contributed by atoms with Gasteiger partial charge in [-0.15, -0.1) is 6.58 Å². The van der Waals surface area contributed by atoms with Crippen LogP contribution in [-0.2, 0) is 19.1 Å². The minimum atomic E-state index is -1.47. The third-order valence-corrected chi connectivity index (χ3v) is 12.1. The van der Waals surface area contributed by atoms with Crippen LogP contribution in [-0.4, -0.2) is 133 Å². The first kappa shape index (κ1) is 45.9. The molecule has 4 aliphatic rings. The summed E-state index contributed by atoms with van der Waals surface area (Å²) in [6, 6.07) is 11.1. The largest absolute Gasteiger partial charge is 0.492 e. The van der Waals surface area contributed by atoms with Crippen molar-refractivity contribution in [2.75, 3.05) is 79.0 Å². The zero-order valence-corrected chi connectivity index (χ0v) is 35.3. The number of non-ortho nitro benzene ring substituents is 1. The molecular weight excluding hydrogens is 785 g/mol. The smallest absolute Gasteiger partial charge is 0.269 e. The number of benzene rings is 2. The van der Waals surface area contributed by atoms with Crippen LogP contribution in [0, 0.1) is 27.9 Å². The predicted molar refractivity (Wildman–Crippen MR) is 230 cm³/mol. The van der Waals surface area contributed by atoms with Crippen molar-refractivity contribution < 1.29 is 48.8 Å². The maximum atomic E-state index is 14.7. The van der Waals surface area contributed by atoms with E-state index in [0.29, 0.717) is 43.1 Å². The van der Waals surface area contributed by atoms with Gasteiger partial charge in [-0.2, -0.15) is 0 Å². The van der Waals surface area contributed by atoms with E-state index in [9.17, 15) is 30.2 Å². The summed E-state index contributed by atoms with van der Waals surface area (Å²) in [7, 11) is 0. The number of hydrogen-bond donors (Lipinski definition) is 3. The number of ether oxygens (including phenoxy) is 4. The average Bonchev–Trinajstić information content (AvgIpc) is 4.10.